The van der Waals surface area contributed by atoms with Gasteiger partial charge in [0.1, 0.15) is 5.01 Å². The second kappa shape index (κ2) is 8.45. The van der Waals surface area contributed by atoms with E-state index in [2.05, 4.69) is 29.4 Å². The van der Waals surface area contributed by atoms with E-state index in [0.29, 0.717) is 41.9 Å². The average Bonchev–Trinajstić information content (AvgIpc) is 3.08. The topological polar surface area (TPSA) is 92.3 Å². The molecule has 146 valence electrons. The van der Waals surface area contributed by atoms with Crippen molar-refractivity contribution in [2.45, 2.75) is 38.0 Å². The molecule has 2 heterocycles. The summed E-state index contributed by atoms with van der Waals surface area (Å²) in [5, 5.41) is 12.4. The van der Waals surface area contributed by atoms with Gasteiger partial charge in [-0.3, -0.25) is 4.79 Å². The predicted octanol–water partition coefficient (Wildman–Crippen LogP) is 2.78. The van der Waals surface area contributed by atoms with Crippen LogP contribution in [0, 0.1) is 11.8 Å². The Hall–Kier alpha value is -1.84. The zero-order valence-corrected chi connectivity index (χ0v) is 17.1. The van der Waals surface area contributed by atoms with Crippen molar-refractivity contribution in [1.29, 1.82) is 0 Å². The molecule has 0 saturated carbocycles. The third-order valence-corrected chi connectivity index (χ3v) is 7.26. The van der Waals surface area contributed by atoms with Crippen molar-refractivity contribution in [1.82, 2.24) is 14.5 Å². The Morgan fingerprint density at radius 3 is 2.52 bits per heavy atom. The van der Waals surface area contributed by atoms with Crippen LogP contribution in [-0.2, 0) is 21.2 Å². The Labute approximate surface area is 163 Å². The van der Waals surface area contributed by atoms with Gasteiger partial charge in [-0.25, -0.2) is 8.42 Å². The number of nitrogens with one attached hydrogen (secondary N) is 1. The van der Waals surface area contributed by atoms with Crippen LogP contribution in [0.4, 0.5) is 5.13 Å². The molecule has 27 heavy (non-hydrogen) atoms. The molecule has 0 spiro atoms. The largest absolute Gasteiger partial charge is 0.300 e. The van der Waals surface area contributed by atoms with Crippen molar-refractivity contribution in [2.24, 2.45) is 11.8 Å². The summed E-state index contributed by atoms with van der Waals surface area (Å²) < 4.78 is 26.8. The lowest BCUT2D eigenvalue weighted by Gasteiger charge is -2.30. The molecule has 1 N–H and O–H groups in total. The number of anilines is 1. The van der Waals surface area contributed by atoms with Crippen molar-refractivity contribution in [3.63, 3.8) is 0 Å². The van der Waals surface area contributed by atoms with Gasteiger partial charge < -0.3 is 5.32 Å². The highest BCUT2D eigenvalue weighted by Gasteiger charge is 2.32. The first kappa shape index (κ1) is 19.9. The molecule has 1 aliphatic heterocycles. The maximum absolute atomic E-state index is 12.7. The number of rotatable bonds is 6. The van der Waals surface area contributed by atoms with Crippen LogP contribution in [0.2, 0.25) is 0 Å². The van der Waals surface area contributed by atoms with E-state index in [1.807, 2.05) is 0 Å². The summed E-state index contributed by atoms with van der Waals surface area (Å²) in [6, 6.07) is 8.40. The molecule has 3 rings (SSSR count). The molecule has 0 aliphatic carbocycles. The van der Waals surface area contributed by atoms with Gasteiger partial charge in [-0.15, -0.1) is 10.2 Å². The molecule has 1 fully saturated rings. The molecule has 1 amide bonds. The Balaban J connectivity index is 1.56. The van der Waals surface area contributed by atoms with Gasteiger partial charge in [0.25, 0.3) is 0 Å². The minimum Gasteiger partial charge on any atom is -0.300 e. The maximum Gasteiger partial charge on any atom is 0.243 e. The van der Waals surface area contributed by atoms with E-state index < -0.39 is 10.0 Å². The van der Waals surface area contributed by atoms with E-state index in [-0.39, 0.29) is 11.8 Å². The van der Waals surface area contributed by atoms with Crippen LogP contribution in [0.25, 0.3) is 0 Å². The van der Waals surface area contributed by atoms with E-state index in [0.717, 1.165) is 11.4 Å². The van der Waals surface area contributed by atoms with E-state index in [1.165, 1.54) is 15.6 Å². The molecule has 1 saturated heterocycles. The number of carbonyl (C=O) groups is 1. The first-order chi connectivity index (χ1) is 12.9. The Bertz CT molecular complexity index is 873. The van der Waals surface area contributed by atoms with Crippen LogP contribution in [0.5, 0.6) is 0 Å². The fraction of sp³-hybridized carbons (Fsp3) is 0.500. The molecule has 1 aromatic heterocycles. The van der Waals surface area contributed by atoms with Crippen molar-refractivity contribution >= 4 is 32.4 Å². The Morgan fingerprint density at radius 2 is 1.89 bits per heavy atom. The highest BCUT2D eigenvalue weighted by Crippen LogP contribution is 2.25. The molecule has 0 bridgehead atoms. The predicted molar refractivity (Wildman–Crippen MR) is 105 cm³/mol. The second-order valence-corrected chi connectivity index (χ2v) is 10.1. The van der Waals surface area contributed by atoms with Gasteiger partial charge in [-0.2, -0.15) is 4.31 Å². The van der Waals surface area contributed by atoms with Gasteiger partial charge in [0.15, 0.2) is 0 Å². The number of piperidine rings is 1. The average molecular weight is 409 g/mol. The minimum atomic E-state index is -3.50. The lowest BCUT2D eigenvalue weighted by Crippen LogP contribution is -2.41. The number of nitrogens with zero attached hydrogens (tertiary/aromatic N) is 3. The first-order valence-corrected chi connectivity index (χ1v) is 11.3. The van der Waals surface area contributed by atoms with Crippen LogP contribution in [0.1, 0.15) is 31.7 Å². The van der Waals surface area contributed by atoms with Crippen LogP contribution in [0.15, 0.2) is 35.2 Å². The summed E-state index contributed by atoms with van der Waals surface area (Å²) in [6.45, 7) is 4.89. The second-order valence-electron chi connectivity index (χ2n) is 7.08. The summed E-state index contributed by atoms with van der Waals surface area (Å²) in [5.41, 5.74) is 0. The third-order valence-electron chi connectivity index (χ3n) is 4.49. The molecule has 7 nitrogen and oxygen atoms in total. The number of amides is 1. The lowest BCUT2D eigenvalue weighted by molar-refractivity contribution is -0.120. The molecule has 2 aromatic rings. The van der Waals surface area contributed by atoms with Gasteiger partial charge in [0, 0.05) is 25.4 Å². The van der Waals surface area contributed by atoms with Crippen molar-refractivity contribution in [3.8, 4) is 0 Å². The number of hydrogen-bond acceptors (Lipinski definition) is 6. The molecular weight excluding hydrogens is 384 g/mol. The summed E-state index contributed by atoms with van der Waals surface area (Å²) >= 11 is 1.40. The van der Waals surface area contributed by atoms with E-state index >= 15 is 0 Å². The minimum absolute atomic E-state index is 0.112. The van der Waals surface area contributed by atoms with Gasteiger partial charge in [-0.1, -0.05) is 43.4 Å². The van der Waals surface area contributed by atoms with E-state index in [4.69, 9.17) is 0 Å². The fourth-order valence-electron chi connectivity index (χ4n) is 3.04. The molecule has 0 radical (unpaired) electrons. The first-order valence-electron chi connectivity index (χ1n) is 9.04. The monoisotopic (exact) mass is 408 g/mol. The highest BCUT2D eigenvalue weighted by atomic mass is 32.2. The SMILES string of the molecule is CC(C)Cc1nnc(NC(=O)C2CCN(S(=O)(=O)c3ccccc3)CC2)s1. The smallest absolute Gasteiger partial charge is 0.243 e. The zero-order valence-electron chi connectivity index (χ0n) is 15.5. The summed E-state index contributed by atoms with van der Waals surface area (Å²) in [6.07, 6.45) is 1.83. The number of hydrogen-bond donors (Lipinski definition) is 1. The van der Waals surface area contributed by atoms with Gasteiger partial charge in [-0.05, 0) is 30.9 Å². The van der Waals surface area contributed by atoms with Crippen LogP contribution >= 0.6 is 11.3 Å². The number of sulfonamides is 1. The molecular formula is C18H24N4O3S2. The van der Waals surface area contributed by atoms with Gasteiger partial charge >= 0.3 is 0 Å². The number of carbonyl (C=O) groups excluding carboxylic acids is 1. The molecule has 0 unspecified atom stereocenters. The van der Waals surface area contributed by atoms with Crippen LogP contribution in [0.3, 0.4) is 0 Å². The lowest BCUT2D eigenvalue weighted by atomic mass is 9.97. The molecule has 1 aromatic carbocycles. The van der Waals surface area contributed by atoms with Gasteiger partial charge in [0.05, 0.1) is 4.90 Å². The van der Waals surface area contributed by atoms with Crippen molar-refractivity contribution < 1.29 is 13.2 Å². The number of aromatic nitrogens is 2. The third kappa shape index (κ3) is 4.91. The Morgan fingerprint density at radius 1 is 1.22 bits per heavy atom. The fourth-order valence-corrected chi connectivity index (χ4v) is 5.49. The maximum atomic E-state index is 12.7. The summed E-state index contributed by atoms with van der Waals surface area (Å²) in [4.78, 5) is 12.8. The standard InChI is InChI=1S/C18H24N4O3S2/c1-13(2)12-16-20-21-18(26-16)19-17(23)14-8-10-22(11-9-14)27(24,25)15-6-4-3-5-7-15/h3-7,13-14H,8-12H2,1-2H3,(H,19,21,23). The van der Waals surface area contributed by atoms with E-state index in [9.17, 15) is 13.2 Å². The quantitative estimate of drug-likeness (QED) is 0.793. The van der Waals surface area contributed by atoms with Gasteiger partial charge in [0.2, 0.25) is 21.1 Å². The molecule has 0 atom stereocenters. The van der Waals surface area contributed by atoms with Crippen LogP contribution < -0.4 is 5.32 Å². The Kier molecular flexibility index (Phi) is 6.23. The molecule has 9 heteroatoms. The summed E-state index contributed by atoms with van der Waals surface area (Å²) in [5.74, 6) is 0.154. The highest BCUT2D eigenvalue weighted by molar-refractivity contribution is 7.89. The normalized spacial score (nSPS) is 16.6. The number of benzene rings is 1. The zero-order chi connectivity index (χ0) is 19.4. The molecule has 1 aliphatic rings. The van der Waals surface area contributed by atoms with Crippen molar-refractivity contribution in [3.05, 3.63) is 35.3 Å². The van der Waals surface area contributed by atoms with E-state index in [1.54, 1.807) is 30.3 Å². The van der Waals surface area contributed by atoms with Crippen LogP contribution in [-0.4, -0.2) is 41.9 Å². The summed E-state index contributed by atoms with van der Waals surface area (Å²) in [7, 11) is -3.50. The van der Waals surface area contributed by atoms with Crippen molar-refractivity contribution in [2.75, 3.05) is 18.4 Å².